The SMILES string of the molecule is C=C1NCc2c1c1c3ccccc3n3c1c1c2c2ccccc2n1C1CC3CC(N(C)C)C1CC. The van der Waals surface area contributed by atoms with E-state index in [0.717, 1.165) is 12.2 Å². The van der Waals surface area contributed by atoms with Gasteiger partial charge in [0, 0.05) is 68.5 Å². The second kappa shape index (κ2) is 6.70. The molecule has 4 nitrogen and oxygen atoms in total. The van der Waals surface area contributed by atoms with E-state index in [0.29, 0.717) is 24.0 Å². The highest BCUT2D eigenvalue weighted by molar-refractivity contribution is 6.27. The van der Waals surface area contributed by atoms with E-state index in [9.17, 15) is 0 Å². The van der Waals surface area contributed by atoms with Crippen molar-refractivity contribution >= 4 is 49.3 Å². The van der Waals surface area contributed by atoms with E-state index in [1.54, 1.807) is 0 Å². The van der Waals surface area contributed by atoms with E-state index < -0.39 is 0 Å². The fourth-order valence-electron chi connectivity index (χ4n) is 8.25. The molecule has 1 N–H and O–H groups in total. The van der Waals surface area contributed by atoms with Crippen LogP contribution in [0.5, 0.6) is 0 Å². The van der Waals surface area contributed by atoms with Crippen molar-refractivity contribution < 1.29 is 0 Å². The summed E-state index contributed by atoms with van der Waals surface area (Å²) < 4.78 is 5.53. The molecule has 5 aromatic rings. The fourth-order valence-corrected chi connectivity index (χ4v) is 8.25. The molecule has 0 radical (unpaired) electrons. The first-order valence-corrected chi connectivity index (χ1v) is 13.2. The molecule has 0 spiro atoms. The van der Waals surface area contributed by atoms with Gasteiger partial charge in [-0.1, -0.05) is 49.9 Å². The van der Waals surface area contributed by atoms with Gasteiger partial charge in [-0.15, -0.1) is 0 Å². The largest absolute Gasteiger partial charge is 0.381 e. The maximum absolute atomic E-state index is 4.49. The molecule has 0 amide bonds. The van der Waals surface area contributed by atoms with Gasteiger partial charge in [-0.05, 0) is 57.0 Å². The van der Waals surface area contributed by atoms with Crippen molar-refractivity contribution in [1.29, 1.82) is 0 Å². The molecule has 4 heteroatoms. The van der Waals surface area contributed by atoms with Crippen molar-refractivity contribution in [3.05, 3.63) is 66.2 Å². The van der Waals surface area contributed by atoms with Crippen LogP contribution in [0, 0.1) is 5.92 Å². The van der Waals surface area contributed by atoms with E-state index in [1.165, 1.54) is 74.0 Å². The summed E-state index contributed by atoms with van der Waals surface area (Å²) in [5.41, 5.74) is 9.52. The third kappa shape index (κ3) is 2.27. The summed E-state index contributed by atoms with van der Waals surface area (Å²) in [7, 11) is 4.57. The first-order valence-electron chi connectivity index (χ1n) is 13.2. The van der Waals surface area contributed by atoms with E-state index >= 15 is 0 Å². The smallest absolute Gasteiger partial charge is 0.0749 e. The molecule has 2 aromatic heterocycles. The molecule has 4 unspecified atom stereocenters. The number of nitrogens with one attached hydrogen (secondary N) is 1. The van der Waals surface area contributed by atoms with Crippen LogP contribution >= 0.6 is 0 Å². The van der Waals surface area contributed by atoms with Gasteiger partial charge in [0.05, 0.1) is 11.0 Å². The van der Waals surface area contributed by atoms with Crippen LogP contribution in [-0.4, -0.2) is 34.2 Å². The molecule has 1 saturated carbocycles. The topological polar surface area (TPSA) is 25.1 Å². The number of benzene rings is 3. The highest BCUT2D eigenvalue weighted by atomic mass is 15.2. The number of fused-ring (bicyclic) bond motifs is 13. The average Bonchev–Trinajstić information content (AvgIpc) is 3.50. The third-order valence-corrected chi connectivity index (χ3v) is 9.53. The van der Waals surface area contributed by atoms with E-state index in [-0.39, 0.29) is 0 Å². The van der Waals surface area contributed by atoms with Gasteiger partial charge < -0.3 is 19.4 Å². The van der Waals surface area contributed by atoms with Crippen LogP contribution < -0.4 is 5.32 Å². The van der Waals surface area contributed by atoms with Crippen LogP contribution in [0.4, 0.5) is 0 Å². The molecule has 1 fully saturated rings. The quantitative estimate of drug-likeness (QED) is 0.313. The normalized spacial score (nSPS) is 25.3. The van der Waals surface area contributed by atoms with E-state index in [4.69, 9.17) is 0 Å². The molecule has 4 atom stereocenters. The van der Waals surface area contributed by atoms with Crippen LogP contribution in [0.1, 0.15) is 49.4 Å². The Balaban J connectivity index is 1.68. The Labute approximate surface area is 205 Å². The molecular formula is C31H32N4. The number of nitrogens with zero attached hydrogens (tertiary/aromatic N) is 3. The molecule has 3 aliphatic rings. The zero-order valence-electron chi connectivity index (χ0n) is 20.8. The Morgan fingerprint density at radius 2 is 1.57 bits per heavy atom. The predicted octanol–water partition coefficient (Wildman–Crippen LogP) is 6.82. The second-order valence-corrected chi connectivity index (χ2v) is 11.2. The number of hydrogen-bond acceptors (Lipinski definition) is 2. The summed E-state index contributed by atoms with van der Waals surface area (Å²) in [6, 6.07) is 19.8. The molecule has 176 valence electrons. The van der Waals surface area contributed by atoms with E-state index in [2.05, 4.69) is 95.5 Å². The van der Waals surface area contributed by atoms with Crippen LogP contribution in [0.2, 0.25) is 0 Å². The van der Waals surface area contributed by atoms with Crippen molar-refractivity contribution in [2.24, 2.45) is 5.92 Å². The summed E-state index contributed by atoms with van der Waals surface area (Å²) in [5, 5.41) is 9.25. The average molecular weight is 461 g/mol. The fraction of sp³-hybridized carbons (Fsp3) is 0.355. The lowest BCUT2D eigenvalue weighted by Crippen LogP contribution is -2.45. The lowest BCUT2D eigenvalue weighted by Gasteiger charge is -2.45. The van der Waals surface area contributed by atoms with Crippen LogP contribution in [0.25, 0.3) is 49.3 Å². The maximum Gasteiger partial charge on any atom is 0.0749 e. The van der Waals surface area contributed by atoms with Gasteiger partial charge in [0.15, 0.2) is 0 Å². The molecule has 1 aliphatic carbocycles. The van der Waals surface area contributed by atoms with Gasteiger partial charge in [0.1, 0.15) is 0 Å². The molecule has 2 aliphatic heterocycles. The molecule has 4 heterocycles. The first kappa shape index (κ1) is 20.0. The molecular weight excluding hydrogens is 428 g/mol. The number of para-hydroxylation sites is 2. The Bertz CT molecular complexity index is 1710. The number of hydrogen-bond donors (Lipinski definition) is 1. The van der Waals surface area contributed by atoms with Crippen LogP contribution in [-0.2, 0) is 6.54 Å². The minimum absolute atomic E-state index is 0.486. The van der Waals surface area contributed by atoms with Crippen molar-refractivity contribution in [3.63, 3.8) is 0 Å². The lowest BCUT2D eigenvalue weighted by atomic mass is 9.75. The Morgan fingerprint density at radius 3 is 2.29 bits per heavy atom. The number of aromatic nitrogens is 2. The molecule has 0 saturated heterocycles. The van der Waals surface area contributed by atoms with Gasteiger partial charge in [-0.3, -0.25) is 0 Å². The minimum atomic E-state index is 0.486. The zero-order valence-corrected chi connectivity index (χ0v) is 20.8. The Hall–Kier alpha value is -3.24. The van der Waals surface area contributed by atoms with Crippen molar-refractivity contribution in [3.8, 4) is 0 Å². The summed E-state index contributed by atoms with van der Waals surface area (Å²) in [4.78, 5) is 2.50. The Kier molecular flexibility index (Phi) is 3.83. The van der Waals surface area contributed by atoms with Crippen LogP contribution in [0.3, 0.4) is 0 Å². The molecule has 2 bridgehead atoms. The summed E-state index contributed by atoms with van der Waals surface area (Å²) in [5.74, 6) is 0.632. The van der Waals surface area contributed by atoms with Gasteiger partial charge in [-0.2, -0.15) is 0 Å². The number of rotatable bonds is 2. The molecule has 8 rings (SSSR count). The van der Waals surface area contributed by atoms with Gasteiger partial charge in [0.2, 0.25) is 0 Å². The van der Waals surface area contributed by atoms with Gasteiger partial charge >= 0.3 is 0 Å². The van der Waals surface area contributed by atoms with Crippen molar-refractivity contribution in [1.82, 2.24) is 19.4 Å². The molecule has 35 heavy (non-hydrogen) atoms. The highest BCUT2D eigenvalue weighted by Gasteiger charge is 2.44. The Morgan fingerprint density at radius 1 is 0.914 bits per heavy atom. The monoisotopic (exact) mass is 460 g/mol. The summed E-state index contributed by atoms with van der Waals surface area (Å²) in [6.45, 7) is 7.75. The molecule has 3 aromatic carbocycles. The van der Waals surface area contributed by atoms with Crippen molar-refractivity contribution in [2.75, 3.05) is 14.1 Å². The van der Waals surface area contributed by atoms with Gasteiger partial charge in [-0.25, -0.2) is 0 Å². The predicted molar refractivity (Wildman–Crippen MR) is 147 cm³/mol. The summed E-state index contributed by atoms with van der Waals surface area (Å²) >= 11 is 0. The highest BCUT2D eigenvalue weighted by Crippen LogP contribution is 2.55. The summed E-state index contributed by atoms with van der Waals surface area (Å²) in [6.07, 6.45) is 3.61. The zero-order chi connectivity index (χ0) is 23.6. The first-order chi connectivity index (χ1) is 17.1. The second-order valence-electron chi connectivity index (χ2n) is 11.2. The van der Waals surface area contributed by atoms with Gasteiger partial charge in [0.25, 0.3) is 0 Å². The standard InChI is InChI=1S/C31H32N4/c1-5-19-25(33(3)4)14-18-15-26(19)35-24-13-9-6-10-20(24)28-22-16-32-17(2)27(22)29-21-11-7-8-12-23(21)34(18)31(29)30(28)35/h6-13,18-19,25-26,32H,2,5,14-16H2,1,3-4H3. The third-order valence-electron chi connectivity index (χ3n) is 9.53. The van der Waals surface area contributed by atoms with E-state index in [1.807, 2.05) is 0 Å². The van der Waals surface area contributed by atoms with Crippen molar-refractivity contribution in [2.45, 2.75) is 50.9 Å². The van der Waals surface area contributed by atoms with Crippen LogP contribution in [0.15, 0.2) is 55.1 Å². The minimum Gasteiger partial charge on any atom is -0.381 e. The maximum atomic E-state index is 4.49. The lowest BCUT2D eigenvalue weighted by molar-refractivity contribution is 0.0809.